The molecule has 0 amide bonds. The summed E-state index contributed by atoms with van der Waals surface area (Å²) in [4.78, 5) is 13.0. The number of carboxylic acids is 1. The number of rotatable bonds is 4. The van der Waals surface area contributed by atoms with Gasteiger partial charge in [-0.2, -0.15) is 0 Å². The molecule has 0 spiro atoms. The van der Waals surface area contributed by atoms with E-state index in [4.69, 9.17) is 9.52 Å². The van der Waals surface area contributed by atoms with E-state index in [1.165, 1.54) is 25.7 Å². The van der Waals surface area contributed by atoms with Crippen LogP contribution in [0.1, 0.15) is 37.0 Å². The van der Waals surface area contributed by atoms with Crippen molar-refractivity contribution in [3.05, 3.63) is 23.7 Å². The zero-order valence-electron chi connectivity index (χ0n) is 10.0. The van der Waals surface area contributed by atoms with Gasteiger partial charge in [-0.1, -0.05) is 12.8 Å². The fraction of sp³-hybridized carbons (Fsp3) is 0.615. The summed E-state index contributed by atoms with van der Waals surface area (Å²) in [5, 5.41) is 8.66. The molecule has 1 saturated heterocycles. The number of furan rings is 1. The molecular formula is C13H19NO3. The van der Waals surface area contributed by atoms with Gasteiger partial charge in [0.05, 0.1) is 6.26 Å². The Morgan fingerprint density at radius 3 is 2.65 bits per heavy atom. The monoisotopic (exact) mass is 237 g/mol. The Balaban J connectivity index is 1.89. The second-order valence-corrected chi connectivity index (χ2v) is 4.68. The van der Waals surface area contributed by atoms with Crippen LogP contribution in [0.15, 0.2) is 16.7 Å². The van der Waals surface area contributed by atoms with E-state index in [1.807, 2.05) is 6.07 Å². The average Bonchev–Trinajstić information content (AvgIpc) is 2.54. The molecule has 17 heavy (non-hydrogen) atoms. The van der Waals surface area contributed by atoms with Gasteiger partial charge in [-0.15, -0.1) is 0 Å². The first kappa shape index (κ1) is 12.2. The number of likely N-dealkylation sites (tertiary alicyclic amines) is 1. The summed E-state index contributed by atoms with van der Waals surface area (Å²) in [5.41, 5.74) is 1.09. The van der Waals surface area contributed by atoms with Crippen LogP contribution in [-0.2, 0) is 17.8 Å². The summed E-state index contributed by atoms with van der Waals surface area (Å²) < 4.78 is 5.24. The van der Waals surface area contributed by atoms with E-state index in [0.29, 0.717) is 5.76 Å². The SMILES string of the molecule is O=C(O)Cc1cc(CN2CCCCCC2)co1. The molecule has 2 rings (SSSR count). The fourth-order valence-corrected chi connectivity index (χ4v) is 2.30. The Hall–Kier alpha value is -1.29. The van der Waals surface area contributed by atoms with Gasteiger partial charge in [0.15, 0.2) is 0 Å². The number of carboxylic acid groups (broad SMARTS) is 1. The zero-order chi connectivity index (χ0) is 12.1. The van der Waals surface area contributed by atoms with Gasteiger partial charge >= 0.3 is 5.97 Å². The third-order valence-electron chi connectivity index (χ3n) is 3.14. The van der Waals surface area contributed by atoms with Gasteiger partial charge in [0.1, 0.15) is 12.2 Å². The maximum atomic E-state index is 10.5. The Bertz CT molecular complexity index is 364. The predicted molar refractivity (Wildman–Crippen MR) is 63.8 cm³/mol. The van der Waals surface area contributed by atoms with Gasteiger partial charge < -0.3 is 9.52 Å². The summed E-state index contributed by atoms with van der Waals surface area (Å²) in [6.45, 7) is 3.15. The molecule has 1 aromatic heterocycles. The summed E-state index contributed by atoms with van der Waals surface area (Å²) in [6.07, 6.45) is 6.83. The molecule has 1 aromatic rings. The van der Waals surface area contributed by atoms with E-state index in [-0.39, 0.29) is 6.42 Å². The highest BCUT2D eigenvalue weighted by molar-refractivity contribution is 5.69. The molecule has 1 fully saturated rings. The summed E-state index contributed by atoms with van der Waals surface area (Å²) in [5.74, 6) is -0.303. The maximum Gasteiger partial charge on any atom is 0.311 e. The molecule has 0 unspecified atom stereocenters. The molecule has 0 radical (unpaired) electrons. The van der Waals surface area contributed by atoms with Gasteiger partial charge in [-0.05, 0) is 32.0 Å². The number of hydrogen-bond acceptors (Lipinski definition) is 3. The number of aliphatic carboxylic acids is 1. The van der Waals surface area contributed by atoms with Crippen molar-refractivity contribution in [2.45, 2.75) is 38.6 Å². The molecule has 1 aliphatic rings. The van der Waals surface area contributed by atoms with Crippen molar-refractivity contribution < 1.29 is 14.3 Å². The van der Waals surface area contributed by atoms with Crippen LogP contribution < -0.4 is 0 Å². The van der Waals surface area contributed by atoms with Crippen molar-refractivity contribution in [1.29, 1.82) is 0 Å². The standard InChI is InChI=1S/C13H19NO3/c15-13(16)8-12-7-11(10-17-12)9-14-5-3-1-2-4-6-14/h7,10H,1-6,8-9H2,(H,15,16). The van der Waals surface area contributed by atoms with Crippen molar-refractivity contribution in [2.75, 3.05) is 13.1 Å². The molecule has 0 aliphatic carbocycles. The minimum Gasteiger partial charge on any atom is -0.481 e. The van der Waals surface area contributed by atoms with Crippen LogP contribution in [0, 0.1) is 0 Å². The minimum absolute atomic E-state index is 0.0278. The van der Waals surface area contributed by atoms with Crippen molar-refractivity contribution >= 4 is 5.97 Å². The third kappa shape index (κ3) is 3.89. The van der Waals surface area contributed by atoms with Gasteiger partial charge in [-0.25, -0.2) is 0 Å². The molecule has 94 valence electrons. The lowest BCUT2D eigenvalue weighted by Gasteiger charge is -2.18. The number of nitrogens with zero attached hydrogens (tertiary/aromatic N) is 1. The molecule has 1 aliphatic heterocycles. The summed E-state index contributed by atoms with van der Waals surface area (Å²) >= 11 is 0. The smallest absolute Gasteiger partial charge is 0.311 e. The molecule has 4 nitrogen and oxygen atoms in total. The highest BCUT2D eigenvalue weighted by Crippen LogP contribution is 2.15. The van der Waals surface area contributed by atoms with E-state index in [2.05, 4.69) is 4.90 Å². The molecule has 0 atom stereocenters. The van der Waals surface area contributed by atoms with Gasteiger partial charge in [0.25, 0.3) is 0 Å². The fourth-order valence-electron chi connectivity index (χ4n) is 2.30. The maximum absolute atomic E-state index is 10.5. The van der Waals surface area contributed by atoms with Crippen LogP contribution in [0.25, 0.3) is 0 Å². The van der Waals surface area contributed by atoms with Gasteiger partial charge in [0, 0.05) is 12.1 Å². The van der Waals surface area contributed by atoms with E-state index in [0.717, 1.165) is 25.2 Å². The van der Waals surface area contributed by atoms with Gasteiger partial charge in [-0.3, -0.25) is 9.69 Å². The second kappa shape index (κ2) is 5.87. The van der Waals surface area contributed by atoms with Crippen molar-refractivity contribution in [1.82, 2.24) is 4.90 Å². The average molecular weight is 237 g/mol. The Morgan fingerprint density at radius 2 is 2.00 bits per heavy atom. The summed E-state index contributed by atoms with van der Waals surface area (Å²) in [7, 11) is 0. The van der Waals surface area contributed by atoms with Crippen molar-refractivity contribution in [3.63, 3.8) is 0 Å². The highest BCUT2D eigenvalue weighted by atomic mass is 16.4. The first-order valence-electron chi connectivity index (χ1n) is 6.24. The lowest BCUT2D eigenvalue weighted by molar-refractivity contribution is -0.136. The quantitative estimate of drug-likeness (QED) is 0.873. The lowest BCUT2D eigenvalue weighted by atomic mass is 10.2. The third-order valence-corrected chi connectivity index (χ3v) is 3.14. The molecule has 0 bridgehead atoms. The Labute approximate surface area is 101 Å². The van der Waals surface area contributed by atoms with Crippen LogP contribution >= 0.6 is 0 Å². The second-order valence-electron chi connectivity index (χ2n) is 4.68. The number of hydrogen-bond donors (Lipinski definition) is 1. The lowest BCUT2D eigenvalue weighted by Crippen LogP contribution is -2.23. The van der Waals surface area contributed by atoms with Crippen LogP contribution in [0.5, 0.6) is 0 Å². The van der Waals surface area contributed by atoms with Crippen LogP contribution in [0.2, 0.25) is 0 Å². The van der Waals surface area contributed by atoms with E-state index in [1.54, 1.807) is 6.26 Å². The molecule has 0 aromatic carbocycles. The van der Waals surface area contributed by atoms with Gasteiger partial charge in [0.2, 0.25) is 0 Å². The van der Waals surface area contributed by atoms with Crippen molar-refractivity contribution in [3.8, 4) is 0 Å². The molecule has 0 saturated carbocycles. The van der Waals surface area contributed by atoms with Crippen LogP contribution in [-0.4, -0.2) is 29.1 Å². The molecule has 1 N–H and O–H groups in total. The number of carbonyl (C=O) groups is 1. The van der Waals surface area contributed by atoms with Crippen LogP contribution in [0.4, 0.5) is 0 Å². The first-order valence-corrected chi connectivity index (χ1v) is 6.24. The molecule has 2 heterocycles. The largest absolute Gasteiger partial charge is 0.481 e. The van der Waals surface area contributed by atoms with Crippen molar-refractivity contribution in [2.24, 2.45) is 0 Å². The normalized spacial score (nSPS) is 17.9. The topological polar surface area (TPSA) is 53.7 Å². The van der Waals surface area contributed by atoms with E-state index >= 15 is 0 Å². The molecule has 4 heteroatoms. The van der Waals surface area contributed by atoms with E-state index < -0.39 is 5.97 Å². The minimum atomic E-state index is -0.847. The Morgan fingerprint density at radius 1 is 1.29 bits per heavy atom. The predicted octanol–water partition coefficient (Wildman–Crippen LogP) is 2.28. The first-order chi connectivity index (χ1) is 8.24. The Kier molecular flexibility index (Phi) is 4.20. The molecular weight excluding hydrogens is 218 g/mol. The van der Waals surface area contributed by atoms with Crippen LogP contribution in [0.3, 0.4) is 0 Å². The highest BCUT2D eigenvalue weighted by Gasteiger charge is 2.12. The van der Waals surface area contributed by atoms with E-state index in [9.17, 15) is 4.79 Å². The zero-order valence-corrected chi connectivity index (χ0v) is 10.0. The summed E-state index contributed by atoms with van der Waals surface area (Å²) in [6, 6.07) is 1.86.